The van der Waals surface area contributed by atoms with E-state index in [0.29, 0.717) is 12.1 Å². The summed E-state index contributed by atoms with van der Waals surface area (Å²) in [4.78, 5) is 22.5. The zero-order valence-electron chi connectivity index (χ0n) is 12.3. The van der Waals surface area contributed by atoms with Gasteiger partial charge in [-0.2, -0.15) is 0 Å². The number of halogens is 1. The van der Waals surface area contributed by atoms with Crippen LogP contribution in [0, 0.1) is 17.0 Å². The normalized spacial score (nSPS) is 11.4. The molecular formula is C14H22ClN3O3. The lowest BCUT2D eigenvalue weighted by molar-refractivity contribution is -0.385. The van der Waals surface area contributed by atoms with Crippen molar-refractivity contribution in [2.75, 3.05) is 6.54 Å². The minimum atomic E-state index is -0.483. The number of nitrogens with zero attached hydrogens (tertiary/aromatic N) is 1. The summed E-state index contributed by atoms with van der Waals surface area (Å²) in [5.41, 5.74) is 6.40. The van der Waals surface area contributed by atoms with Gasteiger partial charge >= 0.3 is 0 Å². The molecule has 0 saturated heterocycles. The van der Waals surface area contributed by atoms with Gasteiger partial charge in [0.2, 0.25) is 0 Å². The van der Waals surface area contributed by atoms with Crippen LogP contribution in [-0.4, -0.2) is 23.4 Å². The molecule has 0 radical (unpaired) electrons. The van der Waals surface area contributed by atoms with E-state index in [-0.39, 0.29) is 35.6 Å². The lowest BCUT2D eigenvalue weighted by atomic mass is 10.1. The number of carbonyl (C=O) groups is 1. The van der Waals surface area contributed by atoms with Crippen molar-refractivity contribution in [2.24, 2.45) is 5.73 Å². The van der Waals surface area contributed by atoms with Crippen molar-refractivity contribution in [2.45, 2.75) is 39.2 Å². The van der Waals surface area contributed by atoms with Crippen molar-refractivity contribution in [3.8, 4) is 0 Å². The van der Waals surface area contributed by atoms with Crippen LogP contribution >= 0.6 is 12.4 Å². The Kier molecular flexibility index (Phi) is 8.57. The van der Waals surface area contributed by atoms with Gasteiger partial charge in [0.25, 0.3) is 11.6 Å². The second kappa shape index (κ2) is 9.31. The van der Waals surface area contributed by atoms with Gasteiger partial charge in [-0.3, -0.25) is 14.9 Å². The summed E-state index contributed by atoms with van der Waals surface area (Å²) in [5.74, 6) is -0.320. The number of aryl methyl sites for hydroxylation is 1. The standard InChI is InChI=1S/C14H21N3O3.ClH/c1-3-4-5-12(9-15)16-14(18)11-7-6-10(2)13(8-11)17(19)20;/h6-8,12H,3-5,9,15H2,1-2H3,(H,16,18);1H. The number of benzene rings is 1. The topological polar surface area (TPSA) is 98.3 Å². The Morgan fingerprint density at radius 2 is 2.14 bits per heavy atom. The number of unbranched alkanes of at least 4 members (excludes halogenated alkanes) is 1. The van der Waals surface area contributed by atoms with Crippen LogP contribution in [0.3, 0.4) is 0 Å². The maximum Gasteiger partial charge on any atom is 0.273 e. The van der Waals surface area contributed by atoms with Crippen LogP contribution in [0.4, 0.5) is 5.69 Å². The van der Waals surface area contributed by atoms with Crippen molar-refractivity contribution in [3.63, 3.8) is 0 Å². The summed E-state index contributed by atoms with van der Waals surface area (Å²) < 4.78 is 0. The molecule has 1 aromatic rings. The summed E-state index contributed by atoms with van der Waals surface area (Å²) in [7, 11) is 0. The largest absolute Gasteiger partial charge is 0.348 e. The predicted molar refractivity (Wildman–Crippen MR) is 84.9 cm³/mol. The molecule has 0 aliphatic carbocycles. The summed E-state index contributed by atoms with van der Waals surface area (Å²) in [6.45, 7) is 4.07. The summed E-state index contributed by atoms with van der Waals surface area (Å²) in [6, 6.07) is 4.38. The molecule has 0 saturated carbocycles. The number of nitrogens with two attached hydrogens (primary N) is 1. The first-order chi connectivity index (χ1) is 9.49. The molecular weight excluding hydrogens is 294 g/mol. The van der Waals surface area contributed by atoms with Gasteiger partial charge in [0, 0.05) is 29.8 Å². The molecule has 7 heteroatoms. The molecule has 1 unspecified atom stereocenters. The van der Waals surface area contributed by atoms with Crippen molar-refractivity contribution in [1.29, 1.82) is 0 Å². The van der Waals surface area contributed by atoms with Crippen molar-refractivity contribution >= 4 is 24.0 Å². The number of hydrogen-bond donors (Lipinski definition) is 2. The highest BCUT2D eigenvalue weighted by Crippen LogP contribution is 2.19. The monoisotopic (exact) mass is 315 g/mol. The minimum absolute atomic E-state index is 0. The van der Waals surface area contributed by atoms with E-state index in [1.165, 1.54) is 6.07 Å². The van der Waals surface area contributed by atoms with Gasteiger partial charge in [0.05, 0.1) is 4.92 Å². The van der Waals surface area contributed by atoms with Crippen molar-refractivity contribution < 1.29 is 9.72 Å². The molecule has 1 aromatic carbocycles. The minimum Gasteiger partial charge on any atom is -0.348 e. The number of amides is 1. The van der Waals surface area contributed by atoms with Crippen LogP contribution in [0.2, 0.25) is 0 Å². The first-order valence-electron chi connectivity index (χ1n) is 6.75. The highest BCUT2D eigenvalue weighted by molar-refractivity contribution is 5.95. The van der Waals surface area contributed by atoms with Crippen LogP contribution in [0.1, 0.15) is 42.1 Å². The maximum absolute atomic E-state index is 12.1. The smallest absolute Gasteiger partial charge is 0.273 e. The molecule has 0 aliphatic heterocycles. The van der Waals surface area contributed by atoms with Crippen LogP contribution < -0.4 is 11.1 Å². The SMILES string of the molecule is CCCCC(CN)NC(=O)c1ccc(C)c([N+](=O)[O-])c1.Cl. The number of rotatable bonds is 7. The molecule has 0 aromatic heterocycles. The van der Waals surface area contributed by atoms with Crippen LogP contribution in [0.25, 0.3) is 0 Å². The molecule has 0 aliphatic rings. The molecule has 0 fully saturated rings. The van der Waals surface area contributed by atoms with E-state index in [1.54, 1.807) is 19.1 Å². The number of nitro benzene ring substituents is 1. The number of carbonyl (C=O) groups excluding carboxylic acids is 1. The zero-order valence-corrected chi connectivity index (χ0v) is 13.1. The van der Waals surface area contributed by atoms with Crippen LogP contribution in [0.15, 0.2) is 18.2 Å². The molecule has 3 N–H and O–H groups in total. The summed E-state index contributed by atoms with van der Waals surface area (Å²) >= 11 is 0. The number of hydrogen-bond acceptors (Lipinski definition) is 4. The second-order valence-electron chi connectivity index (χ2n) is 4.81. The highest BCUT2D eigenvalue weighted by Gasteiger charge is 2.17. The lowest BCUT2D eigenvalue weighted by Crippen LogP contribution is -2.40. The second-order valence-corrected chi connectivity index (χ2v) is 4.81. The third kappa shape index (κ3) is 5.69. The molecule has 0 heterocycles. The Morgan fingerprint density at radius 1 is 1.48 bits per heavy atom. The van der Waals surface area contributed by atoms with Crippen molar-refractivity contribution in [1.82, 2.24) is 5.32 Å². The Hall–Kier alpha value is -1.66. The first-order valence-corrected chi connectivity index (χ1v) is 6.75. The summed E-state index contributed by atoms with van der Waals surface area (Å²) in [5, 5.41) is 13.7. The van der Waals surface area contributed by atoms with E-state index in [0.717, 1.165) is 19.3 Å². The average Bonchev–Trinajstić information content (AvgIpc) is 2.43. The molecule has 1 amide bonds. The van der Waals surface area contributed by atoms with Gasteiger partial charge in [0.1, 0.15) is 0 Å². The fourth-order valence-electron chi connectivity index (χ4n) is 1.92. The first kappa shape index (κ1) is 19.3. The molecule has 1 rings (SSSR count). The molecule has 0 spiro atoms. The predicted octanol–water partition coefficient (Wildman–Crippen LogP) is 2.57. The van der Waals surface area contributed by atoms with Gasteiger partial charge in [-0.1, -0.05) is 25.8 Å². The Bertz CT molecular complexity index is 494. The fraction of sp³-hybridized carbons (Fsp3) is 0.500. The van der Waals surface area contributed by atoms with Gasteiger partial charge in [-0.25, -0.2) is 0 Å². The molecule has 118 valence electrons. The van der Waals surface area contributed by atoms with E-state index >= 15 is 0 Å². The fourth-order valence-corrected chi connectivity index (χ4v) is 1.92. The van der Waals surface area contributed by atoms with Crippen molar-refractivity contribution in [3.05, 3.63) is 39.4 Å². The van der Waals surface area contributed by atoms with Gasteiger partial charge in [-0.15, -0.1) is 12.4 Å². The van der Waals surface area contributed by atoms with Gasteiger partial charge in [-0.05, 0) is 19.4 Å². The van der Waals surface area contributed by atoms with E-state index < -0.39 is 4.92 Å². The zero-order chi connectivity index (χ0) is 15.1. The summed E-state index contributed by atoms with van der Waals surface area (Å²) in [6.07, 6.45) is 2.82. The molecule has 21 heavy (non-hydrogen) atoms. The Labute approximate surface area is 130 Å². The highest BCUT2D eigenvalue weighted by atomic mass is 35.5. The average molecular weight is 316 g/mol. The van der Waals surface area contributed by atoms with Crippen LogP contribution in [0.5, 0.6) is 0 Å². The number of nitro groups is 1. The van der Waals surface area contributed by atoms with E-state index in [4.69, 9.17) is 5.73 Å². The van der Waals surface area contributed by atoms with Gasteiger partial charge in [0.15, 0.2) is 0 Å². The number of nitrogens with one attached hydrogen (secondary N) is 1. The molecule has 0 bridgehead atoms. The Balaban J connectivity index is 0.00000400. The quantitative estimate of drug-likeness (QED) is 0.596. The van der Waals surface area contributed by atoms with Gasteiger partial charge < -0.3 is 11.1 Å². The van der Waals surface area contributed by atoms with E-state index in [1.807, 2.05) is 0 Å². The Morgan fingerprint density at radius 3 is 2.67 bits per heavy atom. The third-order valence-corrected chi connectivity index (χ3v) is 3.19. The molecule has 6 nitrogen and oxygen atoms in total. The van der Waals surface area contributed by atoms with Crippen LogP contribution in [-0.2, 0) is 0 Å². The molecule has 1 atom stereocenters. The van der Waals surface area contributed by atoms with E-state index in [2.05, 4.69) is 12.2 Å². The van der Waals surface area contributed by atoms with E-state index in [9.17, 15) is 14.9 Å². The lowest BCUT2D eigenvalue weighted by Gasteiger charge is -2.16. The maximum atomic E-state index is 12.1. The third-order valence-electron chi connectivity index (χ3n) is 3.19.